The number of aromatic amines is 1. The van der Waals surface area contributed by atoms with Gasteiger partial charge >= 0.3 is 0 Å². The molecule has 0 unspecified atom stereocenters. The van der Waals surface area contributed by atoms with Gasteiger partial charge in [-0.1, -0.05) is 42.0 Å². The number of carbonyl (C=O) groups is 2. The third kappa shape index (κ3) is 5.03. The van der Waals surface area contributed by atoms with Gasteiger partial charge in [-0.15, -0.1) is 11.3 Å². The highest BCUT2D eigenvalue weighted by Gasteiger charge is 2.26. The fourth-order valence-corrected chi connectivity index (χ4v) is 6.22. The lowest BCUT2D eigenvalue weighted by Crippen LogP contribution is -2.13. The minimum absolute atomic E-state index is 0.0270. The predicted octanol–water partition coefficient (Wildman–Crippen LogP) is 6.80. The second kappa shape index (κ2) is 10.6. The van der Waals surface area contributed by atoms with Crippen LogP contribution in [0.4, 0.5) is 5.69 Å². The molecule has 4 heterocycles. The number of nitrogens with zero attached hydrogens (tertiary/aromatic N) is 1. The van der Waals surface area contributed by atoms with Gasteiger partial charge in [-0.2, -0.15) is 0 Å². The van der Waals surface area contributed by atoms with Crippen molar-refractivity contribution in [1.29, 1.82) is 0 Å². The van der Waals surface area contributed by atoms with Crippen molar-refractivity contribution in [1.82, 2.24) is 15.3 Å². The quantitative estimate of drug-likeness (QED) is 0.194. The van der Waals surface area contributed by atoms with Crippen LogP contribution in [0.3, 0.4) is 0 Å². The first-order valence-corrected chi connectivity index (χ1v) is 14.2. The molecule has 0 saturated carbocycles. The van der Waals surface area contributed by atoms with Crippen LogP contribution in [0.1, 0.15) is 52.1 Å². The van der Waals surface area contributed by atoms with E-state index in [0.29, 0.717) is 11.1 Å². The highest BCUT2D eigenvalue weighted by atomic mass is 32.1. The molecule has 196 valence electrons. The number of fused-ring (bicyclic) bond motifs is 1. The van der Waals surface area contributed by atoms with Gasteiger partial charge < -0.3 is 15.6 Å². The van der Waals surface area contributed by atoms with Gasteiger partial charge in [0.05, 0.1) is 11.3 Å². The maximum atomic E-state index is 13.3. The van der Waals surface area contributed by atoms with Crippen LogP contribution in [0.5, 0.6) is 0 Å². The molecule has 2 aromatic heterocycles. The van der Waals surface area contributed by atoms with E-state index in [1.54, 1.807) is 11.3 Å². The van der Waals surface area contributed by atoms with Crippen molar-refractivity contribution in [2.45, 2.75) is 33.1 Å². The van der Waals surface area contributed by atoms with E-state index in [-0.39, 0.29) is 11.7 Å². The number of allylic oxidation sites excluding steroid dienone is 1. The molecular weight excluding hydrogens is 504 g/mol. The molecule has 2 aliphatic rings. The van der Waals surface area contributed by atoms with E-state index < -0.39 is 0 Å². The molecule has 2 aromatic carbocycles. The molecule has 7 heteroatoms. The molecule has 3 N–H and O–H groups in total. The summed E-state index contributed by atoms with van der Waals surface area (Å²) in [6.45, 7) is 5.77. The number of ketones is 1. The van der Waals surface area contributed by atoms with Crippen molar-refractivity contribution in [3.05, 3.63) is 93.6 Å². The number of benzene rings is 2. The molecule has 1 fully saturated rings. The van der Waals surface area contributed by atoms with Gasteiger partial charge in [-0.3, -0.25) is 9.59 Å². The van der Waals surface area contributed by atoms with E-state index >= 15 is 0 Å². The van der Waals surface area contributed by atoms with Crippen LogP contribution in [0.2, 0.25) is 0 Å². The van der Waals surface area contributed by atoms with Crippen molar-refractivity contribution in [2.75, 3.05) is 18.4 Å². The van der Waals surface area contributed by atoms with Gasteiger partial charge in [-0.25, -0.2) is 4.98 Å². The number of anilines is 1. The maximum Gasteiger partial charge on any atom is 0.256 e. The Kier molecular flexibility index (Phi) is 6.85. The van der Waals surface area contributed by atoms with E-state index in [9.17, 15) is 9.59 Å². The first-order valence-electron chi connectivity index (χ1n) is 13.3. The standard InChI is InChI=1S/C32H30N4O2S/c1-19-27(34-20(2)30(19)29(37)15-21-7-6-13-33-14-12-21)17-25-24-16-23(10-11-26(24)35-31(25)38)28-18-39-32(36-28)22-8-4-3-5-9-22/h3-5,8-11,15-18,33-34H,6-7,12-14H2,1-2H3,(H,35,38)/b21-15-,25-17-. The summed E-state index contributed by atoms with van der Waals surface area (Å²) in [6.07, 6.45) is 6.57. The Hall–Kier alpha value is -4.07. The van der Waals surface area contributed by atoms with Crippen molar-refractivity contribution in [3.8, 4) is 21.8 Å². The molecular formula is C32H30N4O2S. The van der Waals surface area contributed by atoms with Crippen molar-refractivity contribution in [3.63, 3.8) is 0 Å². The Balaban J connectivity index is 1.32. The SMILES string of the molecule is Cc1[nH]c(/C=C2\C(=O)Nc3ccc(-c4csc(-c5ccccc5)n4)cc32)c(C)c1C(=O)/C=C1/CCCNCC1. The fraction of sp³-hybridized carbons (Fsp3) is 0.219. The van der Waals surface area contributed by atoms with Crippen molar-refractivity contribution < 1.29 is 9.59 Å². The lowest BCUT2D eigenvalue weighted by Gasteiger charge is -2.04. The van der Waals surface area contributed by atoms with E-state index in [1.165, 1.54) is 5.57 Å². The lowest BCUT2D eigenvalue weighted by atomic mass is 9.99. The van der Waals surface area contributed by atoms with Gasteiger partial charge in [-0.05, 0) is 76.0 Å². The fourth-order valence-electron chi connectivity index (χ4n) is 5.38. The Labute approximate surface area is 231 Å². The molecule has 0 atom stereocenters. The minimum atomic E-state index is -0.155. The molecule has 39 heavy (non-hydrogen) atoms. The first kappa shape index (κ1) is 25.2. The molecule has 0 radical (unpaired) electrons. The average molecular weight is 535 g/mol. The largest absolute Gasteiger partial charge is 0.358 e. The van der Waals surface area contributed by atoms with E-state index in [4.69, 9.17) is 4.98 Å². The zero-order chi connectivity index (χ0) is 26.9. The van der Waals surface area contributed by atoms with Gasteiger partial charge in [0.25, 0.3) is 5.91 Å². The zero-order valence-corrected chi connectivity index (χ0v) is 22.9. The highest BCUT2D eigenvalue weighted by Crippen LogP contribution is 2.38. The van der Waals surface area contributed by atoms with Crippen LogP contribution in [-0.2, 0) is 4.79 Å². The number of amides is 1. The van der Waals surface area contributed by atoms with Crippen LogP contribution >= 0.6 is 11.3 Å². The Morgan fingerprint density at radius 2 is 1.87 bits per heavy atom. The van der Waals surface area contributed by atoms with Crippen LogP contribution in [0.25, 0.3) is 33.5 Å². The van der Waals surface area contributed by atoms with Crippen LogP contribution in [0, 0.1) is 13.8 Å². The van der Waals surface area contributed by atoms with Gasteiger partial charge in [0.1, 0.15) is 5.01 Å². The molecule has 4 aromatic rings. The lowest BCUT2D eigenvalue weighted by molar-refractivity contribution is -0.110. The summed E-state index contributed by atoms with van der Waals surface area (Å²) in [4.78, 5) is 34.5. The van der Waals surface area contributed by atoms with Crippen LogP contribution < -0.4 is 10.6 Å². The number of H-pyrrole nitrogens is 1. The normalized spacial score (nSPS) is 17.3. The Morgan fingerprint density at radius 1 is 1.03 bits per heavy atom. The van der Waals surface area contributed by atoms with Gasteiger partial charge in [0.2, 0.25) is 0 Å². The predicted molar refractivity (Wildman–Crippen MR) is 159 cm³/mol. The third-order valence-electron chi connectivity index (χ3n) is 7.44. The molecule has 1 saturated heterocycles. The van der Waals surface area contributed by atoms with E-state index in [2.05, 4.69) is 27.8 Å². The number of aryl methyl sites for hydroxylation is 1. The molecule has 0 bridgehead atoms. The summed E-state index contributed by atoms with van der Waals surface area (Å²) in [6, 6.07) is 16.1. The summed E-state index contributed by atoms with van der Waals surface area (Å²) in [7, 11) is 0. The number of rotatable bonds is 5. The number of nitrogens with one attached hydrogen (secondary N) is 3. The second-order valence-electron chi connectivity index (χ2n) is 10.1. The topological polar surface area (TPSA) is 86.9 Å². The summed E-state index contributed by atoms with van der Waals surface area (Å²) in [5, 5.41) is 9.37. The van der Waals surface area contributed by atoms with Gasteiger partial charge in [0, 0.05) is 44.7 Å². The summed E-state index contributed by atoms with van der Waals surface area (Å²) < 4.78 is 0. The maximum absolute atomic E-state index is 13.3. The smallest absolute Gasteiger partial charge is 0.256 e. The summed E-state index contributed by atoms with van der Waals surface area (Å²) in [5.41, 5.74) is 9.43. The van der Waals surface area contributed by atoms with Crippen molar-refractivity contribution >= 4 is 40.4 Å². The average Bonchev–Trinajstić information content (AvgIpc) is 3.55. The second-order valence-corrected chi connectivity index (χ2v) is 11.0. The number of carbonyl (C=O) groups excluding carboxylic acids is 2. The minimum Gasteiger partial charge on any atom is -0.358 e. The zero-order valence-electron chi connectivity index (χ0n) is 22.1. The molecule has 2 aliphatic heterocycles. The van der Waals surface area contributed by atoms with Gasteiger partial charge in [0.15, 0.2) is 5.78 Å². The van der Waals surface area contributed by atoms with Crippen molar-refractivity contribution in [2.24, 2.45) is 0 Å². The number of aromatic nitrogens is 2. The molecule has 1 amide bonds. The monoisotopic (exact) mass is 534 g/mol. The van der Waals surface area contributed by atoms with Crippen LogP contribution in [0.15, 0.2) is 65.6 Å². The summed E-state index contributed by atoms with van der Waals surface area (Å²) >= 11 is 1.60. The number of hydrogen-bond acceptors (Lipinski definition) is 5. The van der Waals surface area contributed by atoms with Crippen LogP contribution in [-0.4, -0.2) is 34.7 Å². The molecule has 6 rings (SSSR count). The first-order chi connectivity index (χ1) is 19.0. The molecule has 0 spiro atoms. The Morgan fingerprint density at radius 3 is 2.72 bits per heavy atom. The summed E-state index contributed by atoms with van der Waals surface area (Å²) in [5.74, 6) is -0.128. The van der Waals surface area contributed by atoms with E-state index in [0.717, 1.165) is 82.4 Å². The number of hydrogen-bond donors (Lipinski definition) is 3. The Bertz CT molecular complexity index is 1630. The third-order valence-corrected chi connectivity index (χ3v) is 8.34. The molecule has 6 nitrogen and oxygen atoms in total. The highest BCUT2D eigenvalue weighted by molar-refractivity contribution is 7.13. The molecule has 0 aliphatic carbocycles. The number of thiazole rings is 1. The van der Waals surface area contributed by atoms with E-state index in [1.807, 2.05) is 67.8 Å².